The van der Waals surface area contributed by atoms with Crippen LogP contribution in [0.2, 0.25) is 0 Å². The maximum absolute atomic E-state index is 5.57. The average Bonchev–Trinajstić information content (AvgIpc) is 2.90. The first-order valence-corrected chi connectivity index (χ1v) is 8.20. The quantitative estimate of drug-likeness (QED) is 0.497. The predicted octanol–water partition coefficient (Wildman–Crippen LogP) is 2.52. The van der Waals surface area contributed by atoms with E-state index in [-0.39, 0.29) is 0 Å². The maximum Gasteiger partial charge on any atom is 0.193 e. The summed E-state index contributed by atoms with van der Waals surface area (Å²) in [5.74, 6) is 1.85. The molecule has 0 radical (unpaired) electrons. The van der Waals surface area contributed by atoms with Crippen molar-refractivity contribution in [2.75, 3.05) is 40.5 Å². The lowest BCUT2D eigenvalue weighted by atomic mass is 9.93. The number of guanidine groups is 1. The summed E-state index contributed by atoms with van der Waals surface area (Å²) >= 11 is 0. The number of hydrogen-bond donors (Lipinski definition) is 1. The van der Waals surface area contributed by atoms with Crippen molar-refractivity contribution < 1.29 is 9.47 Å². The van der Waals surface area contributed by atoms with Gasteiger partial charge in [0, 0.05) is 33.8 Å². The largest absolute Gasteiger partial charge is 0.491 e. The van der Waals surface area contributed by atoms with Crippen molar-refractivity contribution in [3.8, 4) is 5.75 Å². The Morgan fingerprint density at radius 3 is 2.57 bits per heavy atom. The van der Waals surface area contributed by atoms with Gasteiger partial charge in [0.1, 0.15) is 12.4 Å². The van der Waals surface area contributed by atoms with Gasteiger partial charge in [-0.2, -0.15) is 0 Å². The summed E-state index contributed by atoms with van der Waals surface area (Å²) in [6.45, 7) is 8.68. The van der Waals surface area contributed by atoms with Crippen LogP contribution in [-0.2, 0) is 11.3 Å². The third-order valence-corrected chi connectivity index (χ3v) is 4.12. The summed E-state index contributed by atoms with van der Waals surface area (Å²) in [7, 11) is 3.52. The summed E-state index contributed by atoms with van der Waals surface area (Å²) in [6.07, 6.45) is 1.21. The fourth-order valence-electron chi connectivity index (χ4n) is 2.75. The van der Waals surface area contributed by atoms with Gasteiger partial charge in [-0.1, -0.05) is 26.0 Å². The summed E-state index contributed by atoms with van der Waals surface area (Å²) in [6, 6.07) is 8.15. The molecule has 0 saturated carbocycles. The lowest BCUT2D eigenvalue weighted by molar-refractivity contribution is 0.146. The van der Waals surface area contributed by atoms with Gasteiger partial charge in [-0.3, -0.25) is 4.99 Å². The highest BCUT2D eigenvalue weighted by Crippen LogP contribution is 2.28. The third kappa shape index (κ3) is 5.43. The van der Waals surface area contributed by atoms with Gasteiger partial charge in [0.2, 0.25) is 0 Å². The Hall–Kier alpha value is -1.75. The highest BCUT2D eigenvalue weighted by molar-refractivity contribution is 5.80. The first-order valence-electron chi connectivity index (χ1n) is 8.20. The molecule has 0 aromatic heterocycles. The van der Waals surface area contributed by atoms with Crippen molar-refractivity contribution in [2.45, 2.75) is 26.8 Å². The van der Waals surface area contributed by atoms with E-state index in [9.17, 15) is 0 Å². The number of hydrogen-bond acceptors (Lipinski definition) is 3. The number of benzene rings is 1. The molecule has 1 aromatic carbocycles. The zero-order chi connectivity index (χ0) is 16.7. The Balaban J connectivity index is 1.82. The van der Waals surface area contributed by atoms with E-state index < -0.39 is 0 Å². The SMILES string of the molecule is CN=C(NCc1ccc(OCCOC)cc1)N1CCC(C)(C)C1. The van der Waals surface area contributed by atoms with Gasteiger partial charge in [-0.25, -0.2) is 0 Å². The molecule has 0 atom stereocenters. The van der Waals surface area contributed by atoms with Crippen molar-refractivity contribution in [2.24, 2.45) is 10.4 Å². The molecule has 0 unspecified atom stereocenters. The van der Waals surface area contributed by atoms with Crippen LogP contribution in [0.15, 0.2) is 29.3 Å². The first kappa shape index (κ1) is 17.6. The van der Waals surface area contributed by atoms with E-state index in [0.717, 1.165) is 31.3 Å². The Bertz CT molecular complexity index is 512. The molecular formula is C18H29N3O2. The minimum absolute atomic E-state index is 0.374. The molecule has 1 aliphatic heterocycles. The van der Waals surface area contributed by atoms with Gasteiger partial charge in [-0.15, -0.1) is 0 Å². The third-order valence-electron chi connectivity index (χ3n) is 4.12. The lowest BCUT2D eigenvalue weighted by Gasteiger charge is -2.23. The molecule has 0 aliphatic carbocycles. The second kappa shape index (κ2) is 8.20. The van der Waals surface area contributed by atoms with Crippen LogP contribution in [0.1, 0.15) is 25.8 Å². The van der Waals surface area contributed by atoms with Crippen LogP contribution in [0.25, 0.3) is 0 Å². The molecule has 1 heterocycles. The molecule has 1 saturated heterocycles. The molecule has 128 valence electrons. The van der Waals surface area contributed by atoms with E-state index in [0.29, 0.717) is 18.6 Å². The molecule has 0 spiro atoms. The minimum Gasteiger partial charge on any atom is -0.491 e. The normalized spacial score (nSPS) is 17.4. The zero-order valence-corrected chi connectivity index (χ0v) is 14.8. The number of nitrogens with one attached hydrogen (secondary N) is 1. The Morgan fingerprint density at radius 1 is 1.26 bits per heavy atom. The smallest absolute Gasteiger partial charge is 0.193 e. The number of nitrogens with zero attached hydrogens (tertiary/aromatic N) is 2. The molecular weight excluding hydrogens is 290 g/mol. The molecule has 5 heteroatoms. The highest BCUT2D eigenvalue weighted by atomic mass is 16.5. The van der Waals surface area contributed by atoms with Crippen LogP contribution in [0.4, 0.5) is 0 Å². The van der Waals surface area contributed by atoms with E-state index in [1.807, 2.05) is 19.2 Å². The molecule has 2 rings (SSSR count). The average molecular weight is 319 g/mol. The van der Waals surface area contributed by atoms with Gasteiger partial charge in [-0.05, 0) is 29.5 Å². The van der Waals surface area contributed by atoms with Crippen LogP contribution < -0.4 is 10.1 Å². The summed E-state index contributed by atoms with van der Waals surface area (Å²) in [5, 5.41) is 3.45. The van der Waals surface area contributed by atoms with E-state index in [4.69, 9.17) is 9.47 Å². The summed E-state index contributed by atoms with van der Waals surface area (Å²) in [5.41, 5.74) is 1.59. The molecule has 0 amide bonds. The van der Waals surface area contributed by atoms with E-state index in [2.05, 4.69) is 41.2 Å². The van der Waals surface area contributed by atoms with Crippen LogP contribution in [0, 0.1) is 5.41 Å². The van der Waals surface area contributed by atoms with Crippen molar-refractivity contribution >= 4 is 5.96 Å². The monoisotopic (exact) mass is 319 g/mol. The summed E-state index contributed by atoms with van der Waals surface area (Å²) < 4.78 is 10.6. The molecule has 1 fully saturated rings. The molecule has 1 aromatic rings. The van der Waals surface area contributed by atoms with E-state index >= 15 is 0 Å². The van der Waals surface area contributed by atoms with Gasteiger partial charge < -0.3 is 19.7 Å². The van der Waals surface area contributed by atoms with E-state index in [1.54, 1.807) is 7.11 Å². The van der Waals surface area contributed by atoms with Gasteiger partial charge >= 0.3 is 0 Å². The van der Waals surface area contributed by atoms with Crippen LogP contribution in [0.5, 0.6) is 5.75 Å². The maximum atomic E-state index is 5.57. The van der Waals surface area contributed by atoms with E-state index in [1.165, 1.54) is 12.0 Å². The molecule has 5 nitrogen and oxygen atoms in total. The van der Waals surface area contributed by atoms with Crippen LogP contribution in [0.3, 0.4) is 0 Å². The second-order valence-corrected chi connectivity index (χ2v) is 6.72. The number of likely N-dealkylation sites (tertiary alicyclic amines) is 1. The zero-order valence-electron chi connectivity index (χ0n) is 14.8. The molecule has 1 N–H and O–H groups in total. The van der Waals surface area contributed by atoms with Crippen molar-refractivity contribution in [3.05, 3.63) is 29.8 Å². The predicted molar refractivity (Wildman–Crippen MR) is 94.0 cm³/mol. The molecule has 1 aliphatic rings. The number of rotatable bonds is 6. The van der Waals surface area contributed by atoms with Gasteiger partial charge in [0.15, 0.2) is 5.96 Å². The standard InChI is InChI=1S/C18H29N3O2/c1-18(2)9-10-21(14-18)17(19-3)20-13-15-5-7-16(8-6-15)23-12-11-22-4/h5-8H,9-14H2,1-4H3,(H,19,20). The number of methoxy groups -OCH3 is 1. The van der Waals surface area contributed by atoms with Crippen LogP contribution >= 0.6 is 0 Å². The Labute approximate surface area is 139 Å². The van der Waals surface area contributed by atoms with Gasteiger partial charge in [0.05, 0.1) is 6.61 Å². The van der Waals surface area contributed by atoms with Crippen molar-refractivity contribution in [3.63, 3.8) is 0 Å². The van der Waals surface area contributed by atoms with Crippen molar-refractivity contribution in [1.29, 1.82) is 0 Å². The Kier molecular flexibility index (Phi) is 6.28. The summed E-state index contributed by atoms with van der Waals surface area (Å²) in [4.78, 5) is 6.75. The first-order chi connectivity index (χ1) is 11.0. The lowest BCUT2D eigenvalue weighted by Crippen LogP contribution is -2.40. The van der Waals surface area contributed by atoms with Crippen LogP contribution in [-0.4, -0.2) is 51.3 Å². The van der Waals surface area contributed by atoms with Gasteiger partial charge in [0.25, 0.3) is 0 Å². The molecule has 0 bridgehead atoms. The minimum atomic E-state index is 0.374. The number of ether oxygens (including phenoxy) is 2. The number of aliphatic imine (C=N–C) groups is 1. The fraction of sp³-hybridized carbons (Fsp3) is 0.611. The fourth-order valence-corrected chi connectivity index (χ4v) is 2.75. The highest BCUT2D eigenvalue weighted by Gasteiger charge is 2.30. The Morgan fingerprint density at radius 2 is 2.00 bits per heavy atom. The van der Waals surface area contributed by atoms with Crippen molar-refractivity contribution in [1.82, 2.24) is 10.2 Å². The topological polar surface area (TPSA) is 46.1 Å². The molecule has 23 heavy (non-hydrogen) atoms. The second-order valence-electron chi connectivity index (χ2n) is 6.72.